The van der Waals surface area contributed by atoms with E-state index in [0.29, 0.717) is 0 Å². The molecule has 5 heteroatoms. The highest BCUT2D eigenvalue weighted by molar-refractivity contribution is 5.76. The van der Waals surface area contributed by atoms with Crippen LogP contribution in [0, 0.1) is 0 Å². The highest BCUT2D eigenvalue weighted by Crippen LogP contribution is 2.41. The van der Waals surface area contributed by atoms with Gasteiger partial charge in [-0.15, -0.1) is 0 Å². The molecule has 0 aliphatic carbocycles. The van der Waals surface area contributed by atoms with Crippen molar-refractivity contribution in [1.29, 1.82) is 0 Å². The largest absolute Gasteiger partial charge is 0.369 e. The molecule has 0 spiro atoms. The van der Waals surface area contributed by atoms with Crippen LogP contribution in [0.5, 0.6) is 0 Å². The van der Waals surface area contributed by atoms with E-state index in [0.717, 1.165) is 32.2 Å². The number of primary amides is 1. The van der Waals surface area contributed by atoms with Gasteiger partial charge in [-0.3, -0.25) is 14.5 Å². The number of amides is 2. The molecule has 2 heterocycles. The van der Waals surface area contributed by atoms with Gasteiger partial charge in [0.15, 0.2) is 0 Å². The summed E-state index contributed by atoms with van der Waals surface area (Å²) in [5, 5.41) is 0. The highest BCUT2D eigenvalue weighted by Gasteiger charge is 2.46. The number of likely N-dealkylation sites (tertiary alicyclic amines) is 2. The monoisotopic (exact) mass is 315 g/mol. The number of fused-ring (bicyclic) bond motifs is 1. The Morgan fingerprint density at radius 3 is 2.57 bits per heavy atom. The molecule has 3 rings (SSSR count). The minimum atomic E-state index is -0.289. The van der Waals surface area contributed by atoms with Gasteiger partial charge in [0, 0.05) is 19.0 Å². The van der Waals surface area contributed by atoms with Crippen LogP contribution in [-0.2, 0) is 9.59 Å². The van der Waals surface area contributed by atoms with Gasteiger partial charge in [-0.05, 0) is 31.4 Å². The van der Waals surface area contributed by atoms with Gasteiger partial charge in [0.05, 0.1) is 12.6 Å². The summed E-state index contributed by atoms with van der Waals surface area (Å²) in [5.41, 5.74) is 6.61. The van der Waals surface area contributed by atoms with Gasteiger partial charge in [0.25, 0.3) is 0 Å². The third-order valence-corrected chi connectivity index (χ3v) is 5.17. The topological polar surface area (TPSA) is 66.6 Å². The van der Waals surface area contributed by atoms with E-state index >= 15 is 0 Å². The Labute approximate surface area is 137 Å². The van der Waals surface area contributed by atoms with Crippen LogP contribution in [0.25, 0.3) is 0 Å². The molecular formula is C18H25N3O2. The molecule has 1 aromatic rings. The lowest BCUT2D eigenvalue weighted by atomic mass is 10.0. The van der Waals surface area contributed by atoms with E-state index in [-0.39, 0.29) is 36.5 Å². The van der Waals surface area contributed by atoms with Gasteiger partial charge in [0.2, 0.25) is 11.8 Å². The van der Waals surface area contributed by atoms with Gasteiger partial charge in [-0.2, -0.15) is 0 Å². The number of nitrogens with zero attached hydrogens (tertiary/aromatic N) is 2. The second kappa shape index (κ2) is 6.71. The van der Waals surface area contributed by atoms with Crippen LogP contribution in [0.3, 0.4) is 0 Å². The molecule has 2 amide bonds. The van der Waals surface area contributed by atoms with E-state index in [4.69, 9.17) is 5.73 Å². The summed E-state index contributed by atoms with van der Waals surface area (Å²) >= 11 is 0. The normalized spacial score (nSPS) is 28.2. The fourth-order valence-electron chi connectivity index (χ4n) is 4.30. The van der Waals surface area contributed by atoms with Gasteiger partial charge < -0.3 is 10.6 Å². The first-order valence-electron chi connectivity index (χ1n) is 8.44. The first kappa shape index (κ1) is 16.0. The van der Waals surface area contributed by atoms with Crippen LogP contribution in [0.4, 0.5) is 0 Å². The molecule has 0 saturated carbocycles. The standard InChI is InChI=1S/C18H25N3O2/c1-13(22)21-15-9-5-6-10-20(12-18(19)23)17(15)11-16(21)14-7-3-2-4-8-14/h2-4,7-8,15-17H,5-6,9-12H2,1H3,(H2,19,23)/t15-,16-,17+/m1/s1. The molecule has 2 fully saturated rings. The van der Waals surface area contributed by atoms with E-state index in [1.165, 1.54) is 5.56 Å². The van der Waals surface area contributed by atoms with Crippen molar-refractivity contribution in [1.82, 2.24) is 9.80 Å². The Morgan fingerprint density at radius 1 is 1.17 bits per heavy atom. The van der Waals surface area contributed by atoms with Crippen molar-refractivity contribution in [2.75, 3.05) is 13.1 Å². The molecule has 2 aliphatic heterocycles. The fraction of sp³-hybridized carbons (Fsp3) is 0.556. The molecule has 3 atom stereocenters. The molecule has 1 aromatic carbocycles. The van der Waals surface area contributed by atoms with Crippen LogP contribution in [-0.4, -0.2) is 46.8 Å². The van der Waals surface area contributed by atoms with E-state index in [1.54, 1.807) is 6.92 Å². The first-order valence-corrected chi connectivity index (χ1v) is 8.44. The average molecular weight is 315 g/mol. The lowest BCUT2D eigenvalue weighted by molar-refractivity contribution is -0.132. The first-order chi connectivity index (χ1) is 11.1. The van der Waals surface area contributed by atoms with Crippen molar-refractivity contribution in [2.24, 2.45) is 5.73 Å². The maximum atomic E-state index is 12.3. The lowest BCUT2D eigenvalue weighted by Gasteiger charge is -2.33. The smallest absolute Gasteiger partial charge is 0.231 e. The molecule has 124 valence electrons. The third-order valence-electron chi connectivity index (χ3n) is 5.17. The van der Waals surface area contributed by atoms with Crippen LogP contribution in [0.2, 0.25) is 0 Å². The Balaban J connectivity index is 1.92. The van der Waals surface area contributed by atoms with Crippen LogP contribution >= 0.6 is 0 Å². The van der Waals surface area contributed by atoms with Gasteiger partial charge in [0.1, 0.15) is 0 Å². The summed E-state index contributed by atoms with van der Waals surface area (Å²) in [5.74, 6) is -0.171. The predicted octanol–water partition coefficient (Wildman–Crippen LogP) is 1.69. The number of nitrogens with two attached hydrogens (primary N) is 1. The summed E-state index contributed by atoms with van der Waals surface area (Å²) in [6.45, 7) is 2.83. The van der Waals surface area contributed by atoms with Crippen molar-refractivity contribution in [3.05, 3.63) is 35.9 Å². The predicted molar refractivity (Wildman–Crippen MR) is 88.5 cm³/mol. The quantitative estimate of drug-likeness (QED) is 0.923. The van der Waals surface area contributed by atoms with Crippen molar-refractivity contribution in [2.45, 2.75) is 50.7 Å². The van der Waals surface area contributed by atoms with Crippen molar-refractivity contribution in [3.63, 3.8) is 0 Å². The minimum Gasteiger partial charge on any atom is -0.369 e. The zero-order chi connectivity index (χ0) is 16.4. The van der Waals surface area contributed by atoms with Crippen LogP contribution in [0.15, 0.2) is 30.3 Å². The number of carbonyl (C=O) groups excluding carboxylic acids is 2. The van der Waals surface area contributed by atoms with E-state index in [9.17, 15) is 9.59 Å². The molecular weight excluding hydrogens is 290 g/mol. The summed E-state index contributed by atoms with van der Waals surface area (Å²) in [4.78, 5) is 28.0. The average Bonchev–Trinajstić information content (AvgIpc) is 2.81. The molecule has 0 aromatic heterocycles. The molecule has 2 saturated heterocycles. The van der Waals surface area contributed by atoms with E-state index in [2.05, 4.69) is 17.0 Å². The van der Waals surface area contributed by atoms with Crippen molar-refractivity contribution >= 4 is 11.8 Å². The number of benzene rings is 1. The fourth-order valence-corrected chi connectivity index (χ4v) is 4.30. The molecule has 5 nitrogen and oxygen atoms in total. The summed E-state index contributed by atoms with van der Waals surface area (Å²) < 4.78 is 0. The molecule has 2 N–H and O–H groups in total. The van der Waals surface area contributed by atoms with Gasteiger partial charge >= 0.3 is 0 Å². The Morgan fingerprint density at radius 2 is 1.91 bits per heavy atom. The highest BCUT2D eigenvalue weighted by atomic mass is 16.2. The van der Waals surface area contributed by atoms with Gasteiger partial charge in [-0.25, -0.2) is 0 Å². The maximum absolute atomic E-state index is 12.3. The molecule has 23 heavy (non-hydrogen) atoms. The zero-order valence-corrected chi connectivity index (χ0v) is 13.6. The second-order valence-electron chi connectivity index (χ2n) is 6.66. The second-order valence-corrected chi connectivity index (χ2v) is 6.66. The number of hydrogen-bond acceptors (Lipinski definition) is 3. The van der Waals surface area contributed by atoms with Crippen LogP contribution in [0.1, 0.15) is 44.2 Å². The summed E-state index contributed by atoms with van der Waals surface area (Å²) in [6, 6.07) is 10.7. The van der Waals surface area contributed by atoms with Crippen molar-refractivity contribution < 1.29 is 9.59 Å². The van der Waals surface area contributed by atoms with Crippen LogP contribution < -0.4 is 5.73 Å². The van der Waals surface area contributed by atoms with E-state index in [1.807, 2.05) is 23.1 Å². The lowest BCUT2D eigenvalue weighted by Crippen LogP contribution is -2.47. The Hall–Kier alpha value is -1.88. The number of hydrogen-bond donors (Lipinski definition) is 1. The molecule has 0 unspecified atom stereocenters. The molecule has 0 bridgehead atoms. The Kier molecular flexibility index (Phi) is 4.66. The van der Waals surface area contributed by atoms with Crippen molar-refractivity contribution in [3.8, 4) is 0 Å². The van der Waals surface area contributed by atoms with E-state index < -0.39 is 0 Å². The minimum absolute atomic E-state index is 0.0946. The third kappa shape index (κ3) is 3.24. The summed E-state index contributed by atoms with van der Waals surface area (Å²) in [7, 11) is 0. The molecule has 2 aliphatic rings. The summed E-state index contributed by atoms with van der Waals surface area (Å²) in [6.07, 6.45) is 4.02. The Bertz CT molecular complexity index is 575. The SMILES string of the molecule is CC(=O)N1[C@@H](c2ccccc2)C[C@H]2[C@H]1CCCCN2CC(N)=O. The maximum Gasteiger partial charge on any atom is 0.231 e. The molecule has 0 radical (unpaired) electrons. The number of carbonyl (C=O) groups is 2. The zero-order valence-electron chi connectivity index (χ0n) is 13.6. The number of rotatable bonds is 3. The van der Waals surface area contributed by atoms with Gasteiger partial charge in [-0.1, -0.05) is 36.8 Å².